The van der Waals surface area contributed by atoms with Crippen LogP contribution in [0.5, 0.6) is 0 Å². The molecule has 1 saturated carbocycles. The molecule has 0 atom stereocenters. The Hall–Kier alpha value is -1.47. The molecule has 0 aromatic heterocycles. The maximum atomic E-state index is 12.5. The summed E-state index contributed by atoms with van der Waals surface area (Å²) in [5.41, 5.74) is -0.595. The second-order valence-electron chi connectivity index (χ2n) is 6.97. The van der Waals surface area contributed by atoms with E-state index in [1.807, 2.05) is 13.8 Å². The Morgan fingerprint density at radius 2 is 1.24 bits per heavy atom. The molecule has 0 bridgehead atoms. The lowest BCUT2D eigenvalue weighted by atomic mass is 9.89. The number of amides is 2. The van der Waals surface area contributed by atoms with Crippen LogP contribution in [-0.4, -0.2) is 59.8 Å². The number of carbonyl (C=O) groups excluding carboxylic acids is 2. The summed E-state index contributed by atoms with van der Waals surface area (Å²) in [6.07, 6.45) is -3.36. The molecule has 5 nitrogen and oxygen atoms in total. The van der Waals surface area contributed by atoms with Crippen LogP contribution in [0.2, 0.25) is 0 Å². The van der Waals surface area contributed by atoms with E-state index in [0.717, 1.165) is 4.90 Å². The second kappa shape index (κ2) is 9.29. The number of ether oxygens (including phenoxy) is 1. The molecular formula is C17H31F3N2O3. The number of halogens is 3. The quantitative estimate of drug-likeness (QED) is 0.734. The van der Waals surface area contributed by atoms with Crippen molar-refractivity contribution in [1.29, 1.82) is 0 Å². The molecule has 1 fully saturated rings. The third kappa shape index (κ3) is 7.52. The lowest BCUT2D eigenvalue weighted by molar-refractivity contribution is -0.186. The van der Waals surface area contributed by atoms with Crippen molar-refractivity contribution in [2.24, 2.45) is 0 Å². The Labute approximate surface area is 148 Å². The van der Waals surface area contributed by atoms with Gasteiger partial charge in [0.05, 0.1) is 0 Å². The molecule has 148 valence electrons. The van der Waals surface area contributed by atoms with Crippen molar-refractivity contribution in [3.05, 3.63) is 0 Å². The minimum Gasteiger partial charge on any atom is -0.444 e. The Kier molecular flexibility index (Phi) is 8.74. The van der Waals surface area contributed by atoms with Crippen LogP contribution in [0.4, 0.5) is 18.0 Å². The highest BCUT2D eigenvalue weighted by Gasteiger charge is 2.44. The number of hydrogen-bond acceptors (Lipinski definition) is 3. The molecule has 1 aliphatic carbocycles. The van der Waals surface area contributed by atoms with Gasteiger partial charge in [0.15, 0.2) is 0 Å². The molecule has 0 radical (unpaired) electrons. The van der Waals surface area contributed by atoms with Crippen molar-refractivity contribution in [2.45, 2.75) is 84.2 Å². The first kappa shape index (κ1) is 23.5. The van der Waals surface area contributed by atoms with E-state index in [0.29, 0.717) is 25.7 Å². The van der Waals surface area contributed by atoms with Gasteiger partial charge in [0.1, 0.15) is 5.60 Å². The van der Waals surface area contributed by atoms with Crippen LogP contribution < -0.4 is 0 Å². The van der Waals surface area contributed by atoms with Gasteiger partial charge < -0.3 is 14.5 Å². The van der Waals surface area contributed by atoms with E-state index < -0.39 is 29.8 Å². The predicted octanol–water partition coefficient (Wildman–Crippen LogP) is 4.21. The van der Waals surface area contributed by atoms with E-state index in [2.05, 4.69) is 0 Å². The Balaban J connectivity index is 0.00000277. The monoisotopic (exact) mass is 368 g/mol. The zero-order valence-corrected chi connectivity index (χ0v) is 16.2. The second-order valence-corrected chi connectivity index (χ2v) is 6.97. The SMILES string of the molecule is CC.CN(C(=O)OC(C)(C)C)C1CCC(N(C)C(=O)C(F)(F)F)CC1. The third-order valence-corrected chi connectivity index (χ3v) is 4.01. The smallest absolute Gasteiger partial charge is 0.444 e. The average Bonchev–Trinajstić information content (AvgIpc) is 2.52. The van der Waals surface area contributed by atoms with Crippen LogP contribution in [0.1, 0.15) is 60.3 Å². The summed E-state index contributed by atoms with van der Waals surface area (Å²) >= 11 is 0. The minimum absolute atomic E-state index is 0.0875. The van der Waals surface area contributed by atoms with Crippen LogP contribution in [-0.2, 0) is 9.53 Å². The first-order valence-electron chi connectivity index (χ1n) is 8.62. The number of hydrogen-bond donors (Lipinski definition) is 0. The maximum absolute atomic E-state index is 12.5. The van der Waals surface area contributed by atoms with E-state index in [1.165, 1.54) is 11.9 Å². The van der Waals surface area contributed by atoms with Crippen molar-refractivity contribution in [2.75, 3.05) is 14.1 Å². The fourth-order valence-corrected chi connectivity index (χ4v) is 2.68. The van der Waals surface area contributed by atoms with Crippen LogP contribution >= 0.6 is 0 Å². The molecule has 1 aliphatic rings. The molecule has 0 aromatic carbocycles. The lowest BCUT2D eigenvalue weighted by Gasteiger charge is -2.38. The van der Waals surface area contributed by atoms with Crippen LogP contribution in [0.25, 0.3) is 0 Å². The summed E-state index contributed by atoms with van der Waals surface area (Å²) in [7, 11) is 2.81. The summed E-state index contributed by atoms with van der Waals surface area (Å²) in [6.45, 7) is 9.31. The molecule has 2 amide bonds. The highest BCUT2D eigenvalue weighted by Crippen LogP contribution is 2.29. The van der Waals surface area contributed by atoms with Crippen molar-refractivity contribution in [3.8, 4) is 0 Å². The fourth-order valence-electron chi connectivity index (χ4n) is 2.68. The van der Waals surface area contributed by atoms with Gasteiger partial charge in [0.2, 0.25) is 0 Å². The van der Waals surface area contributed by atoms with E-state index in [-0.39, 0.29) is 6.04 Å². The standard InChI is InChI=1S/C15H25F3N2O3.C2H6/c1-14(2,3)23-13(22)20(5)11-8-6-10(7-9-11)19(4)12(21)15(16,17)18;1-2/h10-11H,6-9H2,1-5H3;1-2H3. The van der Waals surface area contributed by atoms with Gasteiger partial charge in [-0.1, -0.05) is 13.8 Å². The maximum Gasteiger partial charge on any atom is 0.471 e. The highest BCUT2D eigenvalue weighted by molar-refractivity contribution is 5.81. The zero-order chi connectivity index (χ0) is 20.0. The third-order valence-electron chi connectivity index (χ3n) is 4.01. The van der Waals surface area contributed by atoms with Crippen molar-refractivity contribution >= 4 is 12.0 Å². The summed E-state index contributed by atoms with van der Waals surface area (Å²) in [4.78, 5) is 25.5. The number of nitrogens with zero attached hydrogens (tertiary/aromatic N) is 2. The number of carbonyl (C=O) groups is 2. The molecule has 0 aliphatic heterocycles. The fraction of sp³-hybridized carbons (Fsp3) is 0.882. The van der Waals surface area contributed by atoms with Crippen LogP contribution in [0.15, 0.2) is 0 Å². The zero-order valence-electron chi connectivity index (χ0n) is 16.2. The molecule has 0 unspecified atom stereocenters. The summed E-state index contributed by atoms with van der Waals surface area (Å²) in [5, 5.41) is 0. The summed E-state index contributed by atoms with van der Waals surface area (Å²) in [6, 6.07) is -0.539. The van der Waals surface area contributed by atoms with Gasteiger partial charge in [0.25, 0.3) is 0 Å². The van der Waals surface area contributed by atoms with Crippen LogP contribution in [0, 0.1) is 0 Å². The lowest BCUT2D eigenvalue weighted by Crippen LogP contribution is -2.49. The van der Waals surface area contributed by atoms with Gasteiger partial charge in [-0.2, -0.15) is 13.2 Å². The molecule has 0 heterocycles. The van der Waals surface area contributed by atoms with Gasteiger partial charge in [-0.25, -0.2) is 4.79 Å². The highest BCUT2D eigenvalue weighted by atomic mass is 19.4. The van der Waals surface area contributed by atoms with Crippen molar-refractivity contribution in [3.63, 3.8) is 0 Å². The molecule has 0 saturated heterocycles. The topological polar surface area (TPSA) is 49.9 Å². The molecule has 0 aromatic rings. The Morgan fingerprint density at radius 3 is 1.56 bits per heavy atom. The first-order valence-corrected chi connectivity index (χ1v) is 8.62. The van der Waals surface area contributed by atoms with Gasteiger partial charge in [0, 0.05) is 26.2 Å². The van der Waals surface area contributed by atoms with Crippen molar-refractivity contribution < 1.29 is 27.5 Å². The van der Waals surface area contributed by atoms with Gasteiger partial charge in [-0.05, 0) is 46.5 Å². The van der Waals surface area contributed by atoms with Crippen LogP contribution in [0.3, 0.4) is 0 Å². The largest absolute Gasteiger partial charge is 0.471 e. The molecule has 0 N–H and O–H groups in total. The van der Waals surface area contributed by atoms with Gasteiger partial charge in [-0.15, -0.1) is 0 Å². The predicted molar refractivity (Wildman–Crippen MR) is 90.2 cm³/mol. The van der Waals surface area contributed by atoms with Gasteiger partial charge in [-0.3, -0.25) is 4.79 Å². The average molecular weight is 368 g/mol. The first-order chi connectivity index (χ1) is 11.3. The van der Waals surface area contributed by atoms with E-state index >= 15 is 0 Å². The Bertz CT molecular complexity index is 439. The summed E-state index contributed by atoms with van der Waals surface area (Å²) < 4.78 is 42.7. The summed E-state index contributed by atoms with van der Waals surface area (Å²) in [5.74, 6) is -1.82. The molecule has 1 rings (SSSR count). The van der Waals surface area contributed by atoms with E-state index in [1.54, 1.807) is 27.8 Å². The van der Waals surface area contributed by atoms with Crippen molar-refractivity contribution in [1.82, 2.24) is 9.80 Å². The van der Waals surface area contributed by atoms with Gasteiger partial charge >= 0.3 is 18.2 Å². The molecular weight excluding hydrogens is 337 g/mol. The Morgan fingerprint density at radius 1 is 0.880 bits per heavy atom. The molecule has 0 spiro atoms. The normalized spacial score (nSPS) is 20.9. The number of rotatable bonds is 2. The minimum atomic E-state index is -4.85. The van der Waals surface area contributed by atoms with E-state index in [4.69, 9.17) is 4.74 Å². The number of alkyl halides is 3. The van der Waals surface area contributed by atoms with E-state index in [9.17, 15) is 22.8 Å². The molecule has 25 heavy (non-hydrogen) atoms. The molecule has 8 heteroatoms.